The molecule has 2 rings (SSSR count). The minimum atomic E-state index is -4.45. The minimum absolute atomic E-state index is 0.0696. The van der Waals surface area contributed by atoms with Gasteiger partial charge in [-0.25, -0.2) is 8.42 Å². The van der Waals surface area contributed by atoms with Gasteiger partial charge < -0.3 is 10.2 Å². The number of carbonyl (C=O) groups excluding carboxylic acids is 1. The molecule has 0 aliphatic carbocycles. The highest BCUT2D eigenvalue weighted by Crippen LogP contribution is 2.16. The van der Waals surface area contributed by atoms with Gasteiger partial charge in [-0.2, -0.15) is 8.78 Å². The van der Waals surface area contributed by atoms with Crippen LogP contribution >= 0.6 is 0 Å². The molecule has 1 aliphatic rings. The van der Waals surface area contributed by atoms with E-state index in [0.29, 0.717) is 12.1 Å². The summed E-state index contributed by atoms with van der Waals surface area (Å²) in [6, 6.07) is 5.83. The Balaban J connectivity index is 2.10. The Morgan fingerprint density at radius 3 is 2.55 bits per heavy atom. The molecule has 0 spiro atoms. The number of hydrogen-bond acceptors (Lipinski definition) is 4. The maximum Gasteiger partial charge on any atom is 0.337 e. The van der Waals surface area contributed by atoms with Crippen LogP contribution in [-0.4, -0.2) is 50.7 Å². The fraction of sp³-hybridized carbons (Fsp3) is 0.500. The number of rotatable bonds is 4. The summed E-state index contributed by atoms with van der Waals surface area (Å²) in [7, 11) is -4.45. The Labute approximate surface area is 128 Å². The summed E-state index contributed by atoms with van der Waals surface area (Å²) >= 11 is 0. The zero-order valence-corrected chi connectivity index (χ0v) is 12.9. The first kappa shape index (κ1) is 16.8. The number of piperazine rings is 1. The van der Waals surface area contributed by atoms with Crippen LogP contribution in [0.2, 0.25) is 0 Å². The number of carbonyl (C=O) groups is 1. The lowest BCUT2D eigenvalue weighted by molar-refractivity contribution is 0.0655. The Kier molecular flexibility index (Phi) is 5.12. The molecule has 22 heavy (non-hydrogen) atoms. The van der Waals surface area contributed by atoms with Crippen LogP contribution in [0, 0.1) is 0 Å². The van der Waals surface area contributed by atoms with E-state index in [1.165, 1.54) is 24.3 Å². The Hall–Kier alpha value is -1.54. The largest absolute Gasteiger partial charge is 0.337 e. The van der Waals surface area contributed by atoms with Crippen LogP contribution in [-0.2, 0) is 15.6 Å². The van der Waals surface area contributed by atoms with Crippen LogP contribution in [0.5, 0.6) is 0 Å². The molecule has 1 aromatic rings. The van der Waals surface area contributed by atoms with Crippen LogP contribution in [0.1, 0.15) is 22.8 Å². The van der Waals surface area contributed by atoms with Crippen LogP contribution in [0.4, 0.5) is 8.78 Å². The molecule has 1 atom stereocenters. The fourth-order valence-electron chi connectivity index (χ4n) is 2.35. The second-order valence-corrected chi connectivity index (χ2v) is 7.29. The van der Waals surface area contributed by atoms with Crippen molar-refractivity contribution >= 4 is 15.7 Å². The van der Waals surface area contributed by atoms with E-state index in [0.717, 1.165) is 13.1 Å². The van der Waals surface area contributed by atoms with Gasteiger partial charge in [0.1, 0.15) is 0 Å². The third kappa shape index (κ3) is 3.80. The molecular weight excluding hydrogens is 314 g/mol. The van der Waals surface area contributed by atoms with Gasteiger partial charge >= 0.3 is 5.76 Å². The number of amides is 1. The lowest BCUT2D eigenvalue weighted by Crippen LogP contribution is -2.52. The molecule has 0 saturated carbocycles. The zero-order chi connectivity index (χ0) is 16.3. The lowest BCUT2D eigenvalue weighted by Gasteiger charge is -2.34. The van der Waals surface area contributed by atoms with E-state index in [2.05, 4.69) is 5.32 Å². The van der Waals surface area contributed by atoms with Crippen molar-refractivity contribution in [1.29, 1.82) is 0 Å². The minimum Gasteiger partial charge on any atom is -0.333 e. The van der Waals surface area contributed by atoms with Gasteiger partial charge in [0.05, 0.1) is 5.75 Å². The standard InChI is InChI=1S/C14H18F2N2O3S/c1-10-8-17-6-7-18(10)13(19)12-4-2-11(3-5-12)9-22(20,21)14(15)16/h2-5,10,14,17H,6-9H2,1H3. The predicted molar refractivity (Wildman–Crippen MR) is 78.4 cm³/mol. The molecule has 5 nitrogen and oxygen atoms in total. The van der Waals surface area contributed by atoms with E-state index in [-0.39, 0.29) is 17.5 Å². The topological polar surface area (TPSA) is 66.5 Å². The summed E-state index contributed by atoms with van der Waals surface area (Å²) in [4.78, 5) is 14.1. The van der Waals surface area contributed by atoms with E-state index < -0.39 is 21.3 Å². The SMILES string of the molecule is CC1CNCCN1C(=O)c1ccc(CS(=O)(=O)C(F)F)cc1. The van der Waals surface area contributed by atoms with E-state index >= 15 is 0 Å². The highest BCUT2D eigenvalue weighted by Gasteiger charge is 2.26. The van der Waals surface area contributed by atoms with Crippen molar-refractivity contribution in [2.24, 2.45) is 0 Å². The fourth-order valence-corrected chi connectivity index (χ4v) is 3.13. The van der Waals surface area contributed by atoms with E-state index in [1.807, 2.05) is 6.92 Å². The first-order chi connectivity index (χ1) is 10.3. The molecule has 1 heterocycles. The van der Waals surface area contributed by atoms with Gasteiger partial charge in [0.25, 0.3) is 5.91 Å². The lowest BCUT2D eigenvalue weighted by atomic mass is 10.1. The smallest absolute Gasteiger partial charge is 0.333 e. The average Bonchev–Trinajstić information content (AvgIpc) is 2.47. The summed E-state index contributed by atoms with van der Waals surface area (Å²) < 4.78 is 47.0. The van der Waals surface area contributed by atoms with Crippen LogP contribution in [0.15, 0.2) is 24.3 Å². The maximum atomic E-state index is 12.4. The summed E-state index contributed by atoms with van der Waals surface area (Å²) in [6.45, 7) is 3.98. The monoisotopic (exact) mass is 332 g/mol. The molecule has 1 aromatic carbocycles. The van der Waals surface area contributed by atoms with Gasteiger partial charge in [-0.3, -0.25) is 4.79 Å². The average molecular weight is 332 g/mol. The van der Waals surface area contributed by atoms with Crippen molar-refractivity contribution in [2.45, 2.75) is 24.5 Å². The van der Waals surface area contributed by atoms with Crippen molar-refractivity contribution in [1.82, 2.24) is 10.2 Å². The molecule has 0 aromatic heterocycles. The maximum absolute atomic E-state index is 12.4. The Morgan fingerprint density at radius 1 is 1.36 bits per heavy atom. The van der Waals surface area contributed by atoms with Crippen molar-refractivity contribution in [3.63, 3.8) is 0 Å². The first-order valence-corrected chi connectivity index (χ1v) is 8.63. The number of benzene rings is 1. The van der Waals surface area contributed by atoms with Crippen molar-refractivity contribution in [2.75, 3.05) is 19.6 Å². The van der Waals surface area contributed by atoms with Crippen molar-refractivity contribution in [3.8, 4) is 0 Å². The second-order valence-electron chi connectivity index (χ2n) is 5.32. The molecule has 1 fully saturated rings. The number of hydrogen-bond donors (Lipinski definition) is 1. The molecule has 1 unspecified atom stereocenters. The molecule has 1 amide bonds. The van der Waals surface area contributed by atoms with Gasteiger partial charge in [0.15, 0.2) is 0 Å². The predicted octanol–water partition coefficient (Wildman–Crippen LogP) is 1.26. The highest BCUT2D eigenvalue weighted by molar-refractivity contribution is 7.90. The van der Waals surface area contributed by atoms with E-state index in [9.17, 15) is 22.0 Å². The molecule has 0 bridgehead atoms. The molecule has 1 aliphatic heterocycles. The Bertz CT molecular complexity index is 632. The number of halogens is 2. The molecule has 8 heteroatoms. The van der Waals surface area contributed by atoms with Crippen LogP contribution in [0.25, 0.3) is 0 Å². The quantitative estimate of drug-likeness (QED) is 0.901. The zero-order valence-electron chi connectivity index (χ0n) is 12.1. The summed E-state index contributed by atoms with van der Waals surface area (Å²) in [5, 5.41) is 3.18. The molecule has 1 saturated heterocycles. The molecule has 0 radical (unpaired) electrons. The van der Waals surface area contributed by atoms with Gasteiger partial charge in [-0.05, 0) is 24.6 Å². The summed E-state index contributed by atoms with van der Waals surface area (Å²) in [5.41, 5.74) is 0.664. The van der Waals surface area contributed by atoms with Crippen molar-refractivity contribution in [3.05, 3.63) is 35.4 Å². The molecule has 1 N–H and O–H groups in total. The van der Waals surface area contributed by atoms with Gasteiger partial charge in [0, 0.05) is 31.2 Å². The third-order valence-corrected chi connectivity index (χ3v) is 4.88. The third-order valence-electron chi connectivity index (χ3n) is 3.60. The van der Waals surface area contributed by atoms with E-state index in [1.54, 1.807) is 4.90 Å². The van der Waals surface area contributed by atoms with Gasteiger partial charge in [-0.15, -0.1) is 0 Å². The number of nitrogens with one attached hydrogen (secondary N) is 1. The van der Waals surface area contributed by atoms with Crippen LogP contribution < -0.4 is 5.32 Å². The second kappa shape index (κ2) is 6.70. The molecule has 122 valence electrons. The first-order valence-electron chi connectivity index (χ1n) is 6.91. The van der Waals surface area contributed by atoms with Crippen molar-refractivity contribution < 1.29 is 22.0 Å². The summed E-state index contributed by atoms with van der Waals surface area (Å²) in [6.07, 6.45) is 0. The van der Waals surface area contributed by atoms with E-state index in [4.69, 9.17) is 0 Å². The van der Waals surface area contributed by atoms with Gasteiger partial charge in [-0.1, -0.05) is 12.1 Å². The Morgan fingerprint density at radius 2 is 2.00 bits per heavy atom. The number of alkyl halides is 2. The van der Waals surface area contributed by atoms with Gasteiger partial charge in [0.2, 0.25) is 9.84 Å². The number of nitrogens with zero attached hydrogens (tertiary/aromatic N) is 1. The molecular formula is C14H18F2N2O3S. The highest BCUT2D eigenvalue weighted by atomic mass is 32.2. The normalized spacial score (nSPS) is 19.5. The number of sulfone groups is 1. The summed E-state index contributed by atoms with van der Waals surface area (Å²) in [5.74, 6) is -4.27. The van der Waals surface area contributed by atoms with Crippen LogP contribution in [0.3, 0.4) is 0 Å².